The van der Waals surface area contributed by atoms with E-state index in [1.54, 1.807) is 38.5 Å². The number of benzene rings is 2. The molecule has 0 bridgehead atoms. The van der Waals surface area contributed by atoms with Crippen LogP contribution in [0.1, 0.15) is 69.9 Å². The summed E-state index contributed by atoms with van der Waals surface area (Å²) in [6.07, 6.45) is 11.4. The molecule has 2 atom stereocenters. The fourth-order valence-corrected chi connectivity index (χ4v) is 10.3. The SMILES string of the molecule is COCCOCCOCCOCCC1(C)C(=CC=CC=CC2=[N+](CCCS(=O)(=O)O)c3ccc(S(=O)(=O)[O-])cc3C2(C)CCOCCOCCOCCOC)N(CCCCCC(=O)O)c2ccc(S(=O)(=O)O)cc21. The van der Waals surface area contributed by atoms with Gasteiger partial charge in [-0.25, -0.2) is 8.42 Å². The van der Waals surface area contributed by atoms with Gasteiger partial charge in [-0.1, -0.05) is 24.6 Å². The first kappa shape index (κ1) is 62.5. The van der Waals surface area contributed by atoms with Crippen molar-refractivity contribution in [3.63, 3.8) is 0 Å². The van der Waals surface area contributed by atoms with Gasteiger partial charge in [0.05, 0.1) is 100 Å². The maximum absolute atomic E-state index is 12.5. The zero-order valence-corrected chi connectivity index (χ0v) is 45.3. The lowest BCUT2D eigenvalue weighted by atomic mass is 9.76. The average Bonchev–Trinajstić information content (AvgIpc) is 3.70. The highest BCUT2D eigenvalue weighted by molar-refractivity contribution is 7.86. The van der Waals surface area contributed by atoms with E-state index in [0.29, 0.717) is 126 Å². The molecule has 74 heavy (non-hydrogen) atoms. The molecule has 2 unspecified atom stereocenters. The van der Waals surface area contributed by atoms with E-state index in [4.69, 9.17) is 37.9 Å². The molecular weight excluding hydrogens is 1030 g/mol. The van der Waals surface area contributed by atoms with Gasteiger partial charge in [0.15, 0.2) is 5.71 Å². The van der Waals surface area contributed by atoms with Crippen LogP contribution in [0.5, 0.6) is 0 Å². The summed E-state index contributed by atoms with van der Waals surface area (Å²) in [6, 6.07) is 8.50. The molecule has 0 saturated heterocycles. The second-order valence-corrected chi connectivity index (χ2v) is 22.3. The summed E-state index contributed by atoms with van der Waals surface area (Å²) < 4.78 is 151. The number of rotatable bonds is 39. The Morgan fingerprint density at radius 3 is 1.70 bits per heavy atom. The summed E-state index contributed by atoms with van der Waals surface area (Å²) in [5.41, 5.74) is 1.95. The highest BCUT2D eigenvalue weighted by Crippen LogP contribution is 2.51. The number of nitrogens with zero attached hydrogens (tertiary/aromatic N) is 2. The normalized spacial score (nSPS) is 18.7. The smallest absolute Gasteiger partial charge is 0.303 e. The molecule has 0 radical (unpaired) electrons. The fourth-order valence-electron chi connectivity index (χ4n) is 8.79. The average molecular weight is 1100 g/mol. The molecule has 4 rings (SSSR count). The Morgan fingerprint density at radius 2 is 1.18 bits per heavy atom. The number of hydrogen-bond donors (Lipinski definition) is 3. The summed E-state index contributed by atoms with van der Waals surface area (Å²) in [6.45, 7) is 9.25. The topological polar surface area (TPSA) is 283 Å². The van der Waals surface area contributed by atoms with Crippen molar-refractivity contribution in [2.75, 3.05) is 130 Å². The Morgan fingerprint density at radius 1 is 0.649 bits per heavy atom. The van der Waals surface area contributed by atoms with Crippen LogP contribution in [0.2, 0.25) is 0 Å². The fraction of sp³-hybridized carbons (Fsp3) is 0.600. The van der Waals surface area contributed by atoms with E-state index in [9.17, 15) is 48.8 Å². The van der Waals surface area contributed by atoms with E-state index in [-0.39, 0.29) is 57.3 Å². The molecule has 0 amide bonds. The number of carboxylic acids is 1. The van der Waals surface area contributed by atoms with Gasteiger partial charge >= 0.3 is 5.97 Å². The lowest BCUT2D eigenvalue weighted by Gasteiger charge is -2.30. The van der Waals surface area contributed by atoms with Crippen molar-refractivity contribution in [2.45, 2.75) is 79.4 Å². The van der Waals surface area contributed by atoms with Gasteiger partial charge in [0.25, 0.3) is 20.2 Å². The van der Waals surface area contributed by atoms with Crippen molar-refractivity contribution >= 4 is 53.4 Å². The first-order valence-corrected chi connectivity index (χ1v) is 28.9. The number of allylic oxidation sites excluding steroid dienone is 6. The zero-order chi connectivity index (χ0) is 54.3. The number of carbonyl (C=O) groups is 1. The minimum absolute atomic E-state index is 0.00382. The highest BCUT2D eigenvalue weighted by atomic mass is 32.2. The van der Waals surface area contributed by atoms with Crippen LogP contribution < -0.4 is 4.90 Å². The monoisotopic (exact) mass is 1100 g/mol. The standard InChI is InChI=1S/C50H74N2O19S3/c1-49(19-23-66-29-31-70-35-33-68-27-25-64-3)42-38-40(73(58,59)60)15-17-44(42)51(21-10-6-9-14-48(53)54)46(49)12-7-5-8-13-47-50(2,20-24-67-30-32-71-36-34-69-28-26-65-4)43-39-41(74(61,62)63)16-18-45(43)52(47)22-11-37-72(55,56)57/h5,7-8,12-13,15-18,38-39H,6,9-11,14,19-37H2,1-4H3,(H3-,53,54,55,56,57,58,59,60,61,62,63). The maximum atomic E-state index is 12.5. The van der Waals surface area contributed by atoms with Crippen molar-refractivity contribution in [2.24, 2.45) is 0 Å². The number of aliphatic carboxylic acids is 1. The number of fused-ring (bicyclic) bond motifs is 2. The van der Waals surface area contributed by atoms with E-state index in [2.05, 4.69) is 4.90 Å². The largest absolute Gasteiger partial charge is 0.744 e. The third kappa shape index (κ3) is 19.5. The van der Waals surface area contributed by atoms with Crippen LogP contribution in [-0.2, 0) is 83.9 Å². The van der Waals surface area contributed by atoms with Crippen LogP contribution >= 0.6 is 0 Å². The van der Waals surface area contributed by atoms with E-state index >= 15 is 0 Å². The predicted molar refractivity (Wildman–Crippen MR) is 274 cm³/mol. The van der Waals surface area contributed by atoms with Crippen LogP contribution in [-0.4, -0.2) is 186 Å². The zero-order valence-electron chi connectivity index (χ0n) is 42.8. The predicted octanol–water partition coefficient (Wildman–Crippen LogP) is 5.06. The lowest BCUT2D eigenvalue weighted by Crippen LogP contribution is -2.33. The molecular formula is C50H74N2O19S3. The quantitative estimate of drug-likeness (QED) is 0.0341. The Bertz CT molecular complexity index is 2580. The summed E-state index contributed by atoms with van der Waals surface area (Å²) >= 11 is 0. The lowest BCUT2D eigenvalue weighted by molar-refractivity contribution is -0.437. The second-order valence-electron chi connectivity index (χ2n) is 17.9. The second kappa shape index (κ2) is 30.7. The highest BCUT2D eigenvalue weighted by Gasteiger charge is 2.48. The Balaban J connectivity index is 1.69. The van der Waals surface area contributed by atoms with E-state index in [1.165, 1.54) is 30.3 Å². The number of ether oxygens (including phenoxy) is 8. The molecule has 2 aromatic rings. The van der Waals surface area contributed by atoms with Crippen molar-refractivity contribution in [1.29, 1.82) is 0 Å². The van der Waals surface area contributed by atoms with E-state index in [0.717, 1.165) is 5.70 Å². The van der Waals surface area contributed by atoms with Crippen molar-refractivity contribution < 1.29 is 91.3 Å². The van der Waals surface area contributed by atoms with Gasteiger partial charge in [0.2, 0.25) is 5.69 Å². The molecule has 416 valence electrons. The van der Waals surface area contributed by atoms with Gasteiger partial charge < -0.3 is 52.5 Å². The Labute approximate surface area is 436 Å². The van der Waals surface area contributed by atoms with Crippen LogP contribution in [0, 0.1) is 0 Å². The summed E-state index contributed by atoms with van der Waals surface area (Å²) in [4.78, 5) is 12.6. The minimum atomic E-state index is -4.88. The number of anilines is 1. The number of unbranched alkanes of at least 4 members (excludes halogenated alkanes) is 2. The minimum Gasteiger partial charge on any atom is -0.744 e. The van der Waals surface area contributed by atoms with E-state index in [1.807, 2.05) is 30.6 Å². The molecule has 21 nitrogen and oxygen atoms in total. The van der Waals surface area contributed by atoms with Gasteiger partial charge in [-0.3, -0.25) is 13.9 Å². The van der Waals surface area contributed by atoms with Crippen molar-refractivity contribution in [3.8, 4) is 0 Å². The van der Waals surface area contributed by atoms with Crippen molar-refractivity contribution in [1.82, 2.24) is 0 Å². The van der Waals surface area contributed by atoms with Gasteiger partial charge in [0.1, 0.15) is 16.7 Å². The summed E-state index contributed by atoms with van der Waals surface area (Å²) in [7, 11) is -10.6. The third-order valence-corrected chi connectivity index (χ3v) is 15.1. The molecule has 2 aliphatic heterocycles. The van der Waals surface area contributed by atoms with Gasteiger partial charge in [-0.15, -0.1) is 0 Å². The van der Waals surface area contributed by atoms with Gasteiger partial charge in [-0.05, 0) is 81.5 Å². The Kier molecular flexibility index (Phi) is 25.9. The number of methoxy groups -OCH3 is 2. The molecule has 2 aliphatic rings. The molecule has 0 fully saturated rings. The number of carboxylic acid groups (broad SMARTS) is 1. The molecule has 2 heterocycles. The Hall–Kier alpha value is -3.99. The summed E-state index contributed by atoms with van der Waals surface area (Å²) in [5.74, 6) is -1.44. The van der Waals surface area contributed by atoms with Gasteiger partial charge in [-0.2, -0.15) is 21.4 Å². The van der Waals surface area contributed by atoms with E-state index < -0.39 is 57.8 Å². The first-order chi connectivity index (χ1) is 35.2. The molecule has 0 aliphatic carbocycles. The van der Waals surface area contributed by atoms with Crippen LogP contribution in [0.3, 0.4) is 0 Å². The van der Waals surface area contributed by atoms with Crippen LogP contribution in [0.4, 0.5) is 11.4 Å². The molecule has 0 aromatic heterocycles. The molecule has 3 N–H and O–H groups in total. The van der Waals surface area contributed by atoms with Crippen LogP contribution in [0.25, 0.3) is 0 Å². The number of hydrogen-bond acceptors (Lipinski definition) is 17. The molecule has 0 saturated carbocycles. The first-order valence-electron chi connectivity index (χ1n) is 24.5. The third-order valence-electron chi connectivity index (χ3n) is 12.6. The summed E-state index contributed by atoms with van der Waals surface area (Å²) in [5, 5.41) is 9.26. The molecule has 2 aromatic carbocycles. The van der Waals surface area contributed by atoms with Crippen LogP contribution in [0.15, 0.2) is 82.3 Å². The molecule has 0 spiro atoms. The van der Waals surface area contributed by atoms with Crippen molar-refractivity contribution in [3.05, 3.63) is 83.6 Å². The molecule has 24 heteroatoms. The maximum Gasteiger partial charge on any atom is 0.303 e. The van der Waals surface area contributed by atoms with Gasteiger partial charge in [0, 0.05) is 81.3 Å².